The molecule has 2 aliphatic rings. The van der Waals surface area contributed by atoms with Gasteiger partial charge in [-0.25, -0.2) is 0 Å². The van der Waals surface area contributed by atoms with E-state index in [2.05, 4.69) is 0 Å². The molecule has 3 rings (SSSR count). The van der Waals surface area contributed by atoms with E-state index in [-0.39, 0.29) is 18.8 Å². The van der Waals surface area contributed by atoms with Gasteiger partial charge in [0, 0.05) is 0 Å². The molecule has 0 amide bonds. The van der Waals surface area contributed by atoms with Gasteiger partial charge in [-0.2, -0.15) is 0 Å². The van der Waals surface area contributed by atoms with Crippen LogP contribution in [0, 0.1) is 0 Å². The van der Waals surface area contributed by atoms with Gasteiger partial charge in [0.05, 0.1) is 19.3 Å². The molecule has 6 heteroatoms. The zero-order valence-electron chi connectivity index (χ0n) is 14.6. The minimum absolute atomic E-state index is 0.119. The van der Waals surface area contributed by atoms with Crippen LogP contribution in [0.1, 0.15) is 32.6 Å². The predicted molar refractivity (Wildman–Crippen MR) is 92.3 cm³/mol. The number of carbonyl (C=O) groups is 1. The van der Waals surface area contributed by atoms with E-state index >= 15 is 0 Å². The zero-order valence-corrected chi connectivity index (χ0v) is 14.6. The monoisotopic (exact) mass is 349 g/mol. The maximum Gasteiger partial charge on any atom is 0.325 e. The summed E-state index contributed by atoms with van der Waals surface area (Å²) in [5, 5.41) is 0. The topological polar surface area (TPSA) is 80.0 Å². The van der Waals surface area contributed by atoms with E-state index in [9.17, 15) is 4.79 Å². The van der Waals surface area contributed by atoms with Crippen molar-refractivity contribution < 1.29 is 23.7 Å². The summed E-state index contributed by atoms with van der Waals surface area (Å²) in [5.41, 5.74) is 5.81. The van der Waals surface area contributed by atoms with E-state index in [0.29, 0.717) is 12.4 Å². The van der Waals surface area contributed by atoms with Crippen molar-refractivity contribution in [3.05, 3.63) is 30.3 Å². The lowest BCUT2D eigenvalue weighted by Crippen LogP contribution is -2.47. The Labute approximate surface area is 148 Å². The van der Waals surface area contributed by atoms with Crippen LogP contribution in [0.4, 0.5) is 0 Å². The third-order valence-electron chi connectivity index (χ3n) is 4.70. The molecule has 0 bridgehead atoms. The van der Waals surface area contributed by atoms with E-state index in [0.717, 1.165) is 12.8 Å². The van der Waals surface area contributed by atoms with Crippen LogP contribution in [0.5, 0.6) is 5.75 Å². The smallest absolute Gasteiger partial charge is 0.325 e. The summed E-state index contributed by atoms with van der Waals surface area (Å²) in [6, 6.07) is 8.69. The molecule has 1 aliphatic heterocycles. The number of ether oxygens (including phenoxy) is 4. The number of nitrogens with two attached hydrogens (primary N) is 1. The quantitative estimate of drug-likeness (QED) is 0.838. The van der Waals surface area contributed by atoms with E-state index in [1.54, 1.807) is 0 Å². The van der Waals surface area contributed by atoms with Crippen molar-refractivity contribution in [2.24, 2.45) is 5.73 Å². The first-order chi connectivity index (χ1) is 12.1. The van der Waals surface area contributed by atoms with Crippen LogP contribution in [0.25, 0.3) is 0 Å². The summed E-state index contributed by atoms with van der Waals surface area (Å²) in [4.78, 5) is 12.1. The lowest BCUT2D eigenvalue weighted by molar-refractivity contribution is -0.160. The molecular weight excluding hydrogens is 322 g/mol. The molecule has 6 nitrogen and oxygen atoms in total. The van der Waals surface area contributed by atoms with Gasteiger partial charge < -0.3 is 24.7 Å². The summed E-state index contributed by atoms with van der Waals surface area (Å²) >= 11 is 0. The minimum atomic E-state index is -0.787. The summed E-state index contributed by atoms with van der Waals surface area (Å²) in [6.45, 7) is 2.26. The van der Waals surface area contributed by atoms with Gasteiger partial charge in [-0.05, 0) is 31.9 Å². The molecular formula is C19H27NO5. The predicted octanol–water partition coefficient (Wildman–Crippen LogP) is 2.05. The molecule has 4 atom stereocenters. The number of benzene rings is 1. The van der Waals surface area contributed by atoms with Crippen LogP contribution >= 0.6 is 0 Å². The highest BCUT2D eigenvalue weighted by Gasteiger charge is 2.37. The Morgan fingerprint density at radius 1 is 1.12 bits per heavy atom. The van der Waals surface area contributed by atoms with Crippen LogP contribution in [-0.2, 0) is 19.0 Å². The van der Waals surface area contributed by atoms with E-state index in [1.165, 1.54) is 12.8 Å². The lowest BCUT2D eigenvalue weighted by atomic mass is 10.1. The van der Waals surface area contributed by atoms with Crippen LogP contribution < -0.4 is 10.5 Å². The van der Waals surface area contributed by atoms with Crippen molar-refractivity contribution in [1.82, 2.24) is 0 Å². The maximum atomic E-state index is 12.1. The Hall–Kier alpha value is -1.63. The summed E-state index contributed by atoms with van der Waals surface area (Å²) in [6.07, 6.45) is 3.37. The van der Waals surface area contributed by atoms with Crippen molar-refractivity contribution in [1.29, 1.82) is 0 Å². The fourth-order valence-corrected chi connectivity index (χ4v) is 3.33. The molecule has 25 heavy (non-hydrogen) atoms. The third-order valence-corrected chi connectivity index (χ3v) is 4.70. The van der Waals surface area contributed by atoms with Crippen LogP contribution in [0.15, 0.2) is 30.3 Å². The first kappa shape index (κ1) is 18.2. The van der Waals surface area contributed by atoms with Crippen molar-refractivity contribution in [2.75, 3.05) is 13.2 Å². The number of carbonyl (C=O) groups excluding carboxylic acids is 1. The van der Waals surface area contributed by atoms with Crippen LogP contribution in [0.3, 0.4) is 0 Å². The largest absolute Gasteiger partial charge is 0.484 e. The lowest BCUT2D eigenvalue weighted by Gasteiger charge is -2.32. The van der Waals surface area contributed by atoms with Gasteiger partial charge in [0.1, 0.15) is 24.0 Å². The standard InChI is InChI=1S/C19H27NO5/c1-13-18(25-15-7-3-2-4-8-15)17(24-14-9-5-6-10-14)12-22-11-16(20)19(21)23-13/h2-4,7-8,13-14,16-18H,5-6,9-12,20H2,1H3/t13-,16-,17-,18-/m0/s1. The van der Waals surface area contributed by atoms with Crippen molar-refractivity contribution in [2.45, 2.75) is 63.1 Å². The van der Waals surface area contributed by atoms with Gasteiger partial charge in [0.15, 0.2) is 6.10 Å². The maximum absolute atomic E-state index is 12.1. The first-order valence-electron chi connectivity index (χ1n) is 9.04. The molecule has 1 saturated carbocycles. The van der Waals surface area contributed by atoms with Crippen molar-refractivity contribution in [3.63, 3.8) is 0 Å². The highest BCUT2D eigenvalue weighted by Crippen LogP contribution is 2.26. The van der Waals surface area contributed by atoms with Crippen molar-refractivity contribution >= 4 is 5.97 Å². The Balaban J connectivity index is 1.78. The minimum Gasteiger partial charge on any atom is -0.484 e. The highest BCUT2D eigenvalue weighted by molar-refractivity contribution is 5.75. The van der Waals surface area contributed by atoms with Crippen molar-refractivity contribution in [3.8, 4) is 5.75 Å². The Bertz CT molecular complexity index is 546. The fourth-order valence-electron chi connectivity index (χ4n) is 3.33. The molecule has 2 N–H and O–H groups in total. The molecule has 1 aromatic rings. The molecule has 1 aliphatic carbocycles. The number of para-hydroxylation sites is 1. The molecule has 2 fully saturated rings. The number of esters is 1. The van der Waals surface area contributed by atoms with Gasteiger partial charge in [0.2, 0.25) is 0 Å². The zero-order chi connectivity index (χ0) is 17.6. The molecule has 1 heterocycles. The van der Waals surface area contributed by atoms with Gasteiger partial charge in [-0.15, -0.1) is 0 Å². The normalized spacial score (nSPS) is 31.7. The van der Waals surface area contributed by atoms with E-state index < -0.39 is 24.2 Å². The average molecular weight is 349 g/mol. The van der Waals surface area contributed by atoms with Gasteiger partial charge in [0.25, 0.3) is 0 Å². The highest BCUT2D eigenvalue weighted by atomic mass is 16.6. The van der Waals surface area contributed by atoms with Gasteiger partial charge in [-0.1, -0.05) is 31.0 Å². The second-order valence-electron chi connectivity index (χ2n) is 6.76. The molecule has 1 saturated heterocycles. The summed E-state index contributed by atoms with van der Waals surface area (Å²) in [7, 11) is 0. The van der Waals surface area contributed by atoms with Crippen LogP contribution in [0.2, 0.25) is 0 Å². The molecule has 0 aromatic heterocycles. The number of hydrogen-bond acceptors (Lipinski definition) is 6. The molecule has 0 unspecified atom stereocenters. The second kappa shape index (κ2) is 8.65. The second-order valence-corrected chi connectivity index (χ2v) is 6.76. The Kier molecular flexibility index (Phi) is 6.29. The third kappa shape index (κ3) is 4.93. The molecule has 138 valence electrons. The number of hydrogen-bond donors (Lipinski definition) is 1. The summed E-state index contributed by atoms with van der Waals surface area (Å²) in [5.74, 6) is 0.231. The van der Waals surface area contributed by atoms with Gasteiger partial charge >= 0.3 is 5.97 Å². The van der Waals surface area contributed by atoms with Gasteiger partial charge in [-0.3, -0.25) is 4.79 Å². The fraction of sp³-hybridized carbons (Fsp3) is 0.632. The average Bonchev–Trinajstić information content (AvgIpc) is 3.12. The number of rotatable bonds is 4. The van der Waals surface area contributed by atoms with E-state index in [4.69, 9.17) is 24.7 Å². The Morgan fingerprint density at radius 2 is 1.84 bits per heavy atom. The summed E-state index contributed by atoms with van der Waals surface area (Å²) < 4.78 is 23.6. The molecule has 1 aromatic carbocycles. The number of cyclic esters (lactones) is 1. The SMILES string of the molecule is C[C@@H]1OC(=O)[C@@H](N)COC[C@H](OC2CCCC2)[C@H]1Oc1ccccc1. The molecule has 0 radical (unpaired) electrons. The first-order valence-corrected chi connectivity index (χ1v) is 9.04. The molecule has 0 spiro atoms. The van der Waals surface area contributed by atoms with E-state index in [1.807, 2.05) is 37.3 Å². The Morgan fingerprint density at radius 3 is 2.56 bits per heavy atom. The van der Waals surface area contributed by atoms with Crippen LogP contribution in [-0.4, -0.2) is 49.6 Å².